The first-order valence-electron chi connectivity index (χ1n) is 10.4. The second-order valence-electron chi connectivity index (χ2n) is 7.90. The van der Waals surface area contributed by atoms with Gasteiger partial charge in [0.2, 0.25) is 0 Å². The van der Waals surface area contributed by atoms with Crippen LogP contribution >= 0.6 is 0 Å². The molecule has 0 aromatic heterocycles. The van der Waals surface area contributed by atoms with E-state index in [-0.39, 0.29) is 21.1 Å². The van der Waals surface area contributed by atoms with Crippen molar-refractivity contribution in [1.29, 1.82) is 0 Å². The fourth-order valence-electron chi connectivity index (χ4n) is 2.95. The molecule has 0 amide bonds. The Labute approximate surface area is 167 Å². The minimum absolute atomic E-state index is 0. The van der Waals surface area contributed by atoms with Gasteiger partial charge in [0, 0.05) is 33.9 Å². The van der Waals surface area contributed by atoms with Gasteiger partial charge >= 0.3 is 0 Å². The number of rotatable bonds is 17. The Bertz CT molecular complexity index is 279. The van der Waals surface area contributed by atoms with Crippen LogP contribution in [0.1, 0.15) is 104 Å². The number of unbranched alkanes of at least 4 members (excludes halogenated alkanes) is 10. The topological polar surface area (TPSA) is 17.1 Å². The molecule has 0 bridgehead atoms. The number of hydrogen-bond acceptors (Lipinski definition) is 1. The molecule has 0 radical (unpaired) electrons. The molecule has 0 N–H and O–H groups in total. The zero-order valence-corrected chi connectivity index (χ0v) is 20.0. The van der Waals surface area contributed by atoms with Crippen LogP contribution in [0.15, 0.2) is 0 Å². The Morgan fingerprint density at radius 3 is 1.54 bits per heavy atom. The van der Waals surface area contributed by atoms with Crippen LogP contribution in [0.4, 0.5) is 0 Å². The SMILES string of the molecule is CCCCCCCCCCCCC(=O)CCCC[N+](C)(C)CC.[W]. The van der Waals surface area contributed by atoms with E-state index < -0.39 is 0 Å². The number of carbonyl (C=O) groups is 1. The van der Waals surface area contributed by atoms with Crippen LogP contribution in [-0.2, 0) is 25.9 Å². The van der Waals surface area contributed by atoms with E-state index in [1.807, 2.05) is 0 Å². The van der Waals surface area contributed by atoms with Crippen LogP contribution in [0.5, 0.6) is 0 Å². The third-order valence-electron chi connectivity index (χ3n) is 5.13. The maximum atomic E-state index is 11.9. The van der Waals surface area contributed by atoms with E-state index in [0.29, 0.717) is 5.78 Å². The zero-order chi connectivity index (χ0) is 17.4. The van der Waals surface area contributed by atoms with Gasteiger partial charge in [-0.15, -0.1) is 0 Å². The van der Waals surface area contributed by atoms with Crippen molar-refractivity contribution in [3.8, 4) is 0 Å². The van der Waals surface area contributed by atoms with Crippen LogP contribution in [-0.4, -0.2) is 37.5 Å². The van der Waals surface area contributed by atoms with Crippen LogP contribution < -0.4 is 0 Å². The van der Waals surface area contributed by atoms with Gasteiger partial charge in [0.1, 0.15) is 5.78 Å². The molecule has 0 saturated carbocycles. The van der Waals surface area contributed by atoms with Gasteiger partial charge in [-0.2, -0.15) is 0 Å². The van der Waals surface area contributed by atoms with Crippen LogP contribution in [0, 0.1) is 0 Å². The van der Waals surface area contributed by atoms with Gasteiger partial charge in [0.25, 0.3) is 0 Å². The van der Waals surface area contributed by atoms with Gasteiger partial charge in [0.05, 0.1) is 27.2 Å². The molecule has 0 saturated heterocycles. The maximum Gasteiger partial charge on any atom is 0.132 e. The molecular weight excluding hydrogens is 466 g/mol. The number of carbonyl (C=O) groups excluding carboxylic acids is 1. The van der Waals surface area contributed by atoms with Gasteiger partial charge in [-0.3, -0.25) is 4.79 Å². The molecule has 3 heteroatoms. The number of Topliss-reactive ketones (excluding diaryl/α,β-unsaturated/α-hetero) is 1. The van der Waals surface area contributed by atoms with Crippen molar-refractivity contribution >= 4 is 5.78 Å². The zero-order valence-electron chi connectivity index (χ0n) is 17.1. The molecule has 0 fully saturated rings. The van der Waals surface area contributed by atoms with E-state index in [2.05, 4.69) is 27.9 Å². The van der Waals surface area contributed by atoms with E-state index in [1.54, 1.807) is 0 Å². The molecule has 24 heavy (non-hydrogen) atoms. The van der Waals surface area contributed by atoms with E-state index in [0.717, 1.165) is 30.2 Å². The number of ketones is 1. The molecule has 0 aromatic rings. The normalized spacial score (nSPS) is 11.3. The summed E-state index contributed by atoms with van der Waals surface area (Å²) < 4.78 is 1.08. The van der Waals surface area contributed by atoms with Crippen molar-refractivity contribution in [2.45, 2.75) is 104 Å². The average Bonchev–Trinajstić information content (AvgIpc) is 2.53. The number of nitrogens with zero attached hydrogens (tertiary/aromatic N) is 1. The largest absolute Gasteiger partial charge is 0.329 e. The maximum absolute atomic E-state index is 11.9. The summed E-state index contributed by atoms with van der Waals surface area (Å²) >= 11 is 0. The van der Waals surface area contributed by atoms with Gasteiger partial charge in [-0.25, -0.2) is 0 Å². The molecule has 0 aromatic carbocycles. The summed E-state index contributed by atoms with van der Waals surface area (Å²) in [4.78, 5) is 11.9. The van der Waals surface area contributed by atoms with Crippen molar-refractivity contribution in [3.05, 3.63) is 0 Å². The third kappa shape index (κ3) is 18.7. The van der Waals surface area contributed by atoms with Crippen LogP contribution in [0.3, 0.4) is 0 Å². The molecule has 0 unspecified atom stereocenters. The van der Waals surface area contributed by atoms with Gasteiger partial charge < -0.3 is 4.48 Å². The summed E-state index contributed by atoms with van der Waals surface area (Å²) in [6, 6.07) is 0. The summed E-state index contributed by atoms with van der Waals surface area (Å²) in [6.45, 7) is 6.87. The van der Waals surface area contributed by atoms with Gasteiger partial charge in [-0.1, -0.05) is 64.7 Å². The molecule has 0 atom stereocenters. The number of quaternary nitrogens is 1. The molecule has 0 heterocycles. The molecule has 0 aliphatic carbocycles. The first-order valence-corrected chi connectivity index (χ1v) is 10.4. The number of hydrogen-bond donors (Lipinski definition) is 0. The Morgan fingerprint density at radius 2 is 1.08 bits per heavy atom. The minimum atomic E-state index is 0. The third-order valence-corrected chi connectivity index (χ3v) is 5.13. The molecule has 144 valence electrons. The van der Waals surface area contributed by atoms with Crippen LogP contribution in [0.25, 0.3) is 0 Å². The van der Waals surface area contributed by atoms with Crippen molar-refractivity contribution in [1.82, 2.24) is 0 Å². The average molecular weight is 510 g/mol. The Balaban J connectivity index is 0. The van der Waals surface area contributed by atoms with E-state index in [4.69, 9.17) is 0 Å². The Morgan fingerprint density at radius 1 is 0.667 bits per heavy atom. The van der Waals surface area contributed by atoms with Crippen molar-refractivity contribution in [2.75, 3.05) is 27.2 Å². The second-order valence-corrected chi connectivity index (χ2v) is 7.90. The van der Waals surface area contributed by atoms with E-state index >= 15 is 0 Å². The summed E-state index contributed by atoms with van der Waals surface area (Å²) in [7, 11) is 4.54. The van der Waals surface area contributed by atoms with E-state index in [1.165, 1.54) is 77.3 Å². The van der Waals surface area contributed by atoms with Crippen LogP contribution in [0.2, 0.25) is 0 Å². The summed E-state index contributed by atoms with van der Waals surface area (Å²) in [5.74, 6) is 0.492. The van der Waals surface area contributed by atoms with Crippen molar-refractivity contribution < 1.29 is 30.3 Å². The van der Waals surface area contributed by atoms with Crippen molar-refractivity contribution in [2.24, 2.45) is 0 Å². The van der Waals surface area contributed by atoms with Crippen molar-refractivity contribution in [3.63, 3.8) is 0 Å². The van der Waals surface area contributed by atoms with E-state index in [9.17, 15) is 4.79 Å². The molecule has 2 nitrogen and oxygen atoms in total. The minimum Gasteiger partial charge on any atom is -0.329 e. The standard InChI is InChI=1S/C21H44NO.W/c1-5-7-8-9-10-11-12-13-14-15-18-21(23)19-16-17-20-22(3,4)6-2;/h5-20H2,1-4H3;/q+1;. The smallest absolute Gasteiger partial charge is 0.132 e. The predicted molar refractivity (Wildman–Crippen MR) is 103 cm³/mol. The first kappa shape index (κ1) is 26.5. The summed E-state index contributed by atoms with van der Waals surface area (Å²) in [5, 5.41) is 0. The van der Waals surface area contributed by atoms with Gasteiger partial charge in [0.15, 0.2) is 0 Å². The molecule has 0 aliphatic heterocycles. The molecule has 0 spiro atoms. The van der Waals surface area contributed by atoms with Gasteiger partial charge in [-0.05, 0) is 26.2 Å². The first-order chi connectivity index (χ1) is 11.0. The quantitative estimate of drug-likeness (QED) is 0.170. The molecule has 0 aliphatic rings. The second kappa shape index (κ2) is 18.1. The molecular formula is C21H44NOW+. The fourth-order valence-corrected chi connectivity index (χ4v) is 2.95. The monoisotopic (exact) mass is 510 g/mol. The Hall–Kier alpha value is 0.318. The summed E-state index contributed by atoms with van der Waals surface area (Å²) in [6.07, 6.45) is 17.3. The molecule has 0 rings (SSSR count). The predicted octanol–water partition coefficient (Wildman–Crippen LogP) is 6.13. The fraction of sp³-hybridized carbons (Fsp3) is 0.952. The Kier molecular flexibility index (Phi) is 20.0. The summed E-state index contributed by atoms with van der Waals surface area (Å²) in [5.41, 5.74) is 0.